The molecule has 0 aliphatic rings. The van der Waals surface area contributed by atoms with E-state index in [1.165, 1.54) is 6.07 Å². The molecule has 0 saturated carbocycles. The summed E-state index contributed by atoms with van der Waals surface area (Å²) in [4.78, 5) is 23.4. The van der Waals surface area contributed by atoms with Gasteiger partial charge in [-0.2, -0.15) is 0 Å². The molecule has 3 aromatic rings. The first-order valence-electron chi connectivity index (χ1n) is 5.90. The number of fused-ring (bicyclic) bond motifs is 1. The summed E-state index contributed by atoms with van der Waals surface area (Å²) in [5, 5.41) is 26.7. The molecule has 0 atom stereocenters. The number of hydrogen-bond acceptors (Lipinski definition) is 5. The molecule has 22 heavy (non-hydrogen) atoms. The Morgan fingerprint density at radius 2 is 1.86 bits per heavy atom. The van der Waals surface area contributed by atoms with Crippen molar-refractivity contribution < 1.29 is 24.5 Å². The number of rotatable bonds is 1. The monoisotopic (exact) mass is 323 g/mol. The van der Waals surface area contributed by atoms with Crippen LogP contribution in [0.3, 0.4) is 0 Å². The number of aromatic carboxylic acids is 1. The molecule has 0 aliphatic carbocycles. The number of carbonyl (C=O) groups is 1. The zero-order valence-corrected chi connectivity index (χ0v) is 11.7. The van der Waals surface area contributed by atoms with Gasteiger partial charge in [-0.25, -0.2) is 9.59 Å². The molecule has 4 N–H and O–H groups in total. The van der Waals surface area contributed by atoms with Crippen molar-refractivity contribution in [3.05, 3.63) is 57.5 Å². The number of benzene rings is 2. The predicted molar refractivity (Wildman–Crippen MR) is 78.6 cm³/mol. The molecule has 114 valence electrons. The third-order valence-electron chi connectivity index (χ3n) is 2.59. The maximum Gasteiger partial charge on any atom is 0.417 e. The normalized spacial score (nSPS) is 10.0. The van der Waals surface area contributed by atoms with Gasteiger partial charge in [0.1, 0.15) is 17.1 Å². The third-order valence-corrected chi connectivity index (χ3v) is 2.83. The first-order valence-corrected chi connectivity index (χ1v) is 6.28. The van der Waals surface area contributed by atoms with Crippen LogP contribution in [0.15, 0.2) is 45.6 Å². The fraction of sp³-hybridized carbons (Fsp3) is 0. The maximum atomic E-state index is 10.6. The molecular formula is C14H10ClNO6. The molecule has 0 amide bonds. The van der Waals surface area contributed by atoms with Crippen LogP contribution in [0.1, 0.15) is 10.4 Å². The summed E-state index contributed by atoms with van der Waals surface area (Å²) in [7, 11) is 0. The van der Waals surface area contributed by atoms with Crippen LogP contribution < -0.4 is 5.76 Å². The van der Waals surface area contributed by atoms with Gasteiger partial charge in [0.05, 0.1) is 5.52 Å². The Labute approximate surface area is 128 Å². The number of oxazole rings is 1. The van der Waals surface area contributed by atoms with Crippen LogP contribution in [0, 0.1) is 0 Å². The second-order valence-corrected chi connectivity index (χ2v) is 4.60. The van der Waals surface area contributed by atoms with Gasteiger partial charge in [0.25, 0.3) is 0 Å². The average molecular weight is 324 g/mol. The zero-order valence-electron chi connectivity index (χ0n) is 10.9. The molecule has 0 bridgehead atoms. The molecule has 8 heteroatoms. The Kier molecular flexibility index (Phi) is 4.38. The van der Waals surface area contributed by atoms with Gasteiger partial charge in [-0.05, 0) is 30.3 Å². The van der Waals surface area contributed by atoms with Crippen LogP contribution in [0.2, 0.25) is 5.02 Å². The van der Waals surface area contributed by atoms with Crippen molar-refractivity contribution >= 4 is 28.7 Å². The highest BCUT2D eigenvalue weighted by atomic mass is 35.5. The lowest BCUT2D eigenvalue weighted by Crippen LogP contribution is -1.95. The lowest BCUT2D eigenvalue weighted by atomic mass is 10.2. The van der Waals surface area contributed by atoms with E-state index in [9.17, 15) is 9.59 Å². The summed E-state index contributed by atoms with van der Waals surface area (Å²) in [5.74, 6) is -2.27. The van der Waals surface area contributed by atoms with Gasteiger partial charge in [-0.15, -0.1) is 0 Å². The van der Waals surface area contributed by atoms with Crippen molar-refractivity contribution in [3.63, 3.8) is 0 Å². The van der Waals surface area contributed by atoms with Gasteiger partial charge in [0.15, 0.2) is 5.58 Å². The molecule has 3 rings (SSSR count). The second kappa shape index (κ2) is 6.23. The van der Waals surface area contributed by atoms with E-state index in [4.69, 9.17) is 31.3 Å². The Hall–Kier alpha value is -2.93. The SMILES string of the molecule is O=C(O)c1ccc(O)cc1O.O=c1[nH]c2cc(Cl)ccc2o1. The van der Waals surface area contributed by atoms with Crippen molar-refractivity contribution in [1.29, 1.82) is 0 Å². The minimum Gasteiger partial charge on any atom is -0.508 e. The first-order chi connectivity index (χ1) is 10.4. The van der Waals surface area contributed by atoms with Gasteiger partial charge in [-0.1, -0.05) is 11.6 Å². The van der Waals surface area contributed by atoms with E-state index in [0.717, 1.165) is 12.1 Å². The Bertz CT molecular complexity index is 882. The number of aromatic hydroxyl groups is 2. The van der Waals surface area contributed by atoms with Crippen LogP contribution in [0.5, 0.6) is 11.5 Å². The van der Waals surface area contributed by atoms with Gasteiger partial charge < -0.3 is 19.7 Å². The molecule has 0 radical (unpaired) electrons. The minimum atomic E-state index is -1.22. The number of aromatic nitrogens is 1. The lowest BCUT2D eigenvalue weighted by molar-refractivity contribution is 0.0693. The van der Waals surface area contributed by atoms with E-state index in [1.807, 2.05) is 0 Å². The van der Waals surface area contributed by atoms with E-state index < -0.39 is 17.5 Å². The number of hydrogen-bond donors (Lipinski definition) is 4. The summed E-state index contributed by atoms with van der Waals surface area (Å²) >= 11 is 5.66. The zero-order chi connectivity index (χ0) is 16.3. The fourth-order valence-electron chi connectivity index (χ4n) is 1.63. The number of aromatic amines is 1. The number of H-pyrrole nitrogens is 1. The van der Waals surface area contributed by atoms with Crippen LogP contribution in [-0.2, 0) is 0 Å². The van der Waals surface area contributed by atoms with Crippen molar-refractivity contribution in [2.45, 2.75) is 0 Å². The Balaban J connectivity index is 0.000000160. The van der Waals surface area contributed by atoms with E-state index in [2.05, 4.69) is 4.98 Å². The topological polar surface area (TPSA) is 124 Å². The third kappa shape index (κ3) is 3.58. The van der Waals surface area contributed by atoms with E-state index in [0.29, 0.717) is 16.1 Å². The summed E-state index contributed by atoms with van der Waals surface area (Å²) in [6, 6.07) is 8.26. The molecular weight excluding hydrogens is 314 g/mol. The van der Waals surface area contributed by atoms with Crippen LogP contribution >= 0.6 is 11.6 Å². The highest BCUT2D eigenvalue weighted by Crippen LogP contribution is 2.21. The number of carboxylic acids is 1. The minimum absolute atomic E-state index is 0.160. The summed E-state index contributed by atoms with van der Waals surface area (Å²) in [6.07, 6.45) is 0. The van der Waals surface area contributed by atoms with Gasteiger partial charge in [0, 0.05) is 11.1 Å². The molecule has 0 spiro atoms. The van der Waals surface area contributed by atoms with Gasteiger partial charge in [0.2, 0.25) is 0 Å². The highest BCUT2D eigenvalue weighted by molar-refractivity contribution is 6.31. The lowest BCUT2D eigenvalue weighted by Gasteiger charge is -1.97. The van der Waals surface area contributed by atoms with Gasteiger partial charge >= 0.3 is 11.7 Å². The van der Waals surface area contributed by atoms with E-state index in [1.54, 1.807) is 18.2 Å². The average Bonchev–Trinajstić information content (AvgIpc) is 2.78. The Morgan fingerprint density at radius 3 is 2.50 bits per heavy atom. The predicted octanol–water partition coefficient (Wildman–Crippen LogP) is 2.57. The van der Waals surface area contributed by atoms with Crippen molar-refractivity contribution in [2.24, 2.45) is 0 Å². The summed E-state index contributed by atoms with van der Waals surface area (Å²) < 4.78 is 4.75. The molecule has 1 heterocycles. The number of carboxylic acid groups (broad SMARTS) is 1. The van der Waals surface area contributed by atoms with Crippen LogP contribution in [0.4, 0.5) is 0 Å². The molecule has 0 unspecified atom stereocenters. The molecule has 0 fully saturated rings. The quantitative estimate of drug-likeness (QED) is 0.545. The molecule has 7 nitrogen and oxygen atoms in total. The van der Waals surface area contributed by atoms with Crippen LogP contribution in [0.25, 0.3) is 11.1 Å². The fourth-order valence-corrected chi connectivity index (χ4v) is 1.80. The van der Waals surface area contributed by atoms with Crippen molar-refractivity contribution in [1.82, 2.24) is 4.98 Å². The molecule has 2 aromatic carbocycles. The van der Waals surface area contributed by atoms with E-state index in [-0.39, 0.29) is 11.3 Å². The van der Waals surface area contributed by atoms with Crippen molar-refractivity contribution in [3.8, 4) is 11.5 Å². The first kappa shape index (κ1) is 15.5. The Morgan fingerprint density at radius 1 is 1.14 bits per heavy atom. The van der Waals surface area contributed by atoms with Crippen molar-refractivity contribution in [2.75, 3.05) is 0 Å². The number of phenolic OH excluding ortho intramolecular Hbond substituents is 1. The van der Waals surface area contributed by atoms with Gasteiger partial charge in [-0.3, -0.25) is 4.98 Å². The number of nitrogens with one attached hydrogen (secondary N) is 1. The summed E-state index contributed by atoms with van der Waals surface area (Å²) in [5.41, 5.74) is 0.935. The summed E-state index contributed by atoms with van der Waals surface area (Å²) in [6.45, 7) is 0. The largest absolute Gasteiger partial charge is 0.508 e. The molecule has 0 aliphatic heterocycles. The maximum absolute atomic E-state index is 10.6. The highest BCUT2D eigenvalue weighted by Gasteiger charge is 2.08. The second-order valence-electron chi connectivity index (χ2n) is 4.16. The smallest absolute Gasteiger partial charge is 0.417 e. The standard InChI is InChI=1S/C7H4ClNO2.C7H6O4/c8-4-1-2-6-5(3-4)9-7(10)11-6;8-4-1-2-5(7(10)11)6(9)3-4/h1-3H,(H,9,10);1-3,8-9H,(H,10,11). The number of halogens is 1. The number of phenols is 2. The van der Waals surface area contributed by atoms with E-state index >= 15 is 0 Å². The molecule has 0 saturated heterocycles. The van der Waals surface area contributed by atoms with Crippen LogP contribution in [-0.4, -0.2) is 26.3 Å². The molecule has 1 aromatic heterocycles.